The summed E-state index contributed by atoms with van der Waals surface area (Å²) >= 11 is 0. The zero-order valence-corrected chi connectivity index (χ0v) is 12.8. The van der Waals surface area contributed by atoms with Crippen LogP contribution in [-0.4, -0.2) is 69.6 Å². The Morgan fingerprint density at radius 1 is 1.35 bits per heavy atom. The smallest absolute Gasteiger partial charge is 0.326 e. The number of likely N-dealkylation sites (tertiary alicyclic amines) is 1. The van der Waals surface area contributed by atoms with Crippen LogP contribution in [0.4, 0.5) is 0 Å². The van der Waals surface area contributed by atoms with Crippen molar-refractivity contribution in [2.24, 2.45) is 11.5 Å². The number of nitrogens with one attached hydrogen (secondary N) is 1. The van der Waals surface area contributed by atoms with Crippen molar-refractivity contribution in [1.29, 1.82) is 0 Å². The molecule has 0 saturated carbocycles. The molecule has 23 heavy (non-hydrogen) atoms. The summed E-state index contributed by atoms with van der Waals surface area (Å²) in [5, 5.41) is 20.6. The van der Waals surface area contributed by atoms with E-state index in [4.69, 9.17) is 16.6 Å². The first-order valence-electron chi connectivity index (χ1n) is 7.20. The third-order valence-electron chi connectivity index (χ3n) is 3.66. The molecule has 0 aromatic rings. The lowest BCUT2D eigenvalue weighted by Gasteiger charge is -2.28. The molecule has 1 aliphatic heterocycles. The van der Waals surface area contributed by atoms with Crippen molar-refractivity contribution in [2.45, 2.75) is 50.4 Å². The first kappa shape index (κ1) is 18.8. The van der Waals surface area contributed by atoms with Gasteiger partial charge in [-0.2, -0.15) is 0 Å². The second kappa shape index (κ2) is 7.88. The molecule has 1 heterocycles. The molecule has 0 aromatic heterocycles. The maximum Gasteiger partial charge on any atom is 0.326 e. The van der Waals surface area contributed by atoms with Crippen molar-refractivity contribution in [3.05, 3.63) is 0 Å². The fraction of sp³-hybridized carbons (Fsp3) is 0.692. The van der Waals surface area contributed by atoms with Gasteiger partial charge in [-0.1, -0.05) is 0 Å². The Morgan fingerprint density at radius 2 is 1.96 bits per heavy atom. The molecule has 3 amide bonds. The molecule has 0 aliphatic carbocycles. The average Bonchev–Trinajstić information content (AvgIpc) is 2.93. The van der Waals surface area contributed by atoms with Crippen LogP contribution in [0.1, 0.15) is 26.2 Å². The van der Waals surface area contributed by atoms with Gasteiger partial charge >= 0.3 is 5.97 Å². The van der Waals surface area contributed by atoms with Gasteiger partial charge in [0.15, 0.2) is 0 Å². The highest BCUT2D eigenvalue weighted by atomic mass is 16.4. The van der Waals surface area contributed by atoms with Crippen LogP contribution in [0.15, 0.2) is 0 Å². The fourth-order valence-electron chi connectivity index (χ4n) is 2.37. The number of hydrogen-bond acceptors (Lipinski definition) is 6. The van der Waals surface area contributed by atoms with E-state index in [9.17, 15) is 24.3 Å². The Hall–Kier alpha value is -2.20. The maximum absolute atomic E-state index is 12.2. The summed E-state index contributed by atoms with van der Waals surface area (Å²) in [6.07, 6.45) is -0.736. The van der Waals surface area contributed by atoms with Crippen LogP contribution in [0.5, 0.6) is 0 Å². The number of nitrogens with zero attached hydrogens (tertiary/aromatic N) is 1. The van der Waals surface area contributed by atoms with E-state index in [-0.39, 0.29) is 6.54 Å². The monoisotopic (exact) mass is 330 g/mol. The number of nitrogens with two attached hydrogens (primary N) is 2. The molecule has 4 atom stereocenters. The second-order valence-corrected chi connectivity index (χ2v) is 5.53. The van der Waals surface area contributed by atoms with Gasteiger partial charge in [0.05, 0.1) is 12.5 Å². The molecular weight excluding hydrogens is 308 g/mol. The molecule has 1 aliphatic rings. The largest absolute Gasteiger partial charge is 0.480 e. The zero-order chi connectivity index (χ0) is 17.7. The molecule has 1 fully saturated rings. The van der Waals surface area contributed by atoms with Crippen LogP contribution in [0.3, 0.4) is 0 Å². The summed E-state index contributed by atoms with van der Waals surface area (Å²) in [4.78, 5) is 47.5. The summed E-state index contributed by atoms with van der Waals surface area (Å²) in [7, 11) is 0. The third-order valence-corrected chi connectivity index (χ3v) is 3.66. The number of carbonyl (C=O) groups excluding carboxylic acids is 3. The quantitative estimate of drug-likeness (QED) is 0.333. The molecule has 1 rings (SSSR count). The number of aliphatic hydroxyl groups is 1. The first-order valence-corrected chi connectivity index (χ1v) is 7.20. The van der Waals surface area contributed by atoms with Crippen molar-refractivity contribution in [2.75, 3.05) is 6.54 Å². The van der Waals surface area contributed by atoms with E-state index >= 15 is 0 Å². The highest BCUT2D eigenvalue weighted by Crippen LogP contribution is 2.19. The summed E-state index contributed by atoms with van der Waals surface area (Å²) < 4.78 is 0. The fourth-order valence-corrected chi connectivity index (χ4v) is 2.37. The summed E-state index contributed by atoms with van der Waals surface area (Å²) in [6, 6.07) is -3.51. The van der Waals surface area contributed by atoms with Crippen molar-refractivity contribution >= 4 is 23.7 Å². The Balaban J connectivity index is 2.79. The summed E-state index contributed by atoms with van der Waals surface area (Å²) in [5.41, 5.74) is 10.5. The standard InChI is InChI=1S/C13H22N4O6/c1-6(18)10(15)12(21)17-4-2-3-8(17)11(20)16-7(13(22)23)5-9(14)19/h6-8,10,18H,2-5,15H2,1H3,(H2,14,19)(H,16,20)(H,22,23)/t6-,7+,8+,10+/m1/s1. The minimum Gasteiger partial charge on any atom is -0.480 e. The van der Waals surface area contributed by atoms with E-state index in [1.807, 2.05) is 0 Å². The Labute approximate surface area is 132 Å². The number of rotatable bonds is 7. The molecule has 10 heteroatoms. The molecule has 130 valence electrons. The van der Waals surface area contributed by atoms with Gasteiger partial charge in [0.2, 0.25) is 17.7 Å². The van der Waals surface area contributed by atoms with Gasteiger partial charge in [0.1, 0.15) is 18.1 Å². The highest BCUT2D eigenvalue weighted by Gasteiger charge is 2.38. The highest BCUT2D eigenvalue weighted by molar-refractivity contribution is 5.93. The Morgan fingerprint density at radius 3 is 2.43 bits per heavy atom. The van der Waals surface area contributed by atoms with Crippen molar-refractivity contribution < 1.29 is 29.4 Å². The molecule has 0 aromatic carbocycles. The predicted molar refractivity (Wildman–Crippen MR) is 77.8 cm³/mol. The molecule has 0 spiro atoms. The Bertz CT molecular complexity index is 495. The van der Waals surface area contributed by atoms with E-state index in [1.165, 1.54) is 11.8 Å². The summed E-state index contributed by atoms with van der Waals surface area (Å²) in [5.74, 6) is -3.54. The summed E-state index contributed by atoms with van der Waals surface area (Å²) in [6.45, 7) is 1.64. The normalized spacial score (nSPS) is 21.3. The SMILES string of the molecule is C[C@@H](O)[C@H](N)C(=O)N1CCC[C@H]1C(=O)N[C@@H](CC(N)=O)C(=O)O. The Kier molecular flexibility index (Phi) is 6.46. The topological polar surface area (TPSA) is 176 Å². The lowest BCUT2D eigenvalue weighted by molar-refractivity contribution is -0.145. The molecule has 1 saturated heterocycles. The maximum atomic E-state index is 12.2. The molecule has 0 radical (unpaired) electrons. The van der Waals surface area contributed by atoms with E-state index in [1.54, 1.807) is 0 Å². The van der Waals surface area contributed by atoms with Gasteiger partial charge < -0.3 is 31.9 Å². The van der Waals surface area contributed by atoms with Gasteiger partial charge in [0, 0.05) is 6.54 Å². The van der Waals surface area contributed by atoms with Crippen LogP contribution in [-0.2, 0) is 19.2 Å². The number of primary amides is 1. The minimum absolute atomic E-state index is 0.283. The van der Waals surface area contributed by atoms with Gasteiger partial charge in [0.25, 0.3) is 0 Å². The van der Waals surface area contributed by atoms with E-state index in [0.29, 0.717) is 12.8 Å². The van der Waals surface area contributed by atoms with Crippen LogP contribution >= 0.6 is 0 Å². The average molecular weight is 330 g/mol. The van der Waals surface area contributed by atoms with Gasteiger partial charge in [-0.25, -0.2) is 4.79 Å². The lowest BCUT2D eigenvalue weighted by atomic mass is 10.1. The van der Waals surface area contributed by atoms with Crippen molar-refractivity contribution in [3.8, 4) is 0 Å². The number of carboxylic acid groups (broad SMARTS) is 1. The number of amides is 3. The van der Waals surface area contributed by atoms with Crippen molar-refractivity contribution in [1.82, 2.24) is 10.2 Å². The number of aliphatic hydroxyl groups excluding tert-OH is 1. The van der Waals surface area contributed by atoms with Crippen LogP contribution < -0.4 is 16.8 Å². The van der Waals surface area contributed by atoms with Crippen molar-refractivity contribution in [3.63, 3.8) is 0 Å². The van der Waals surface area contributed by atoms with E-state index in [2.05, 4.69) is 5.32 Å². The van der Waals surface area contributed by atoms with Crippen LogP contribution in [0, 0.1) is 0 Å². The van der Waals surface area contributed by atoms with E-state index < -0.39 is 54.3 Å². The number of hydrogen-bond donors (Lipinski definition) is 5. The molecule has 0 unspecified atom stereocenters. The molecule has 0 bridgehead atoms. The minimum atomic E-state index is -1.46. The molecular formula is C13H22N4O6. The molecule has 10 nitrogen and oxygen atoms in total. The third kappa shape index (κ3) is 4.89. The first-order chi connectivity index (χ1) is 10.6. The number of carboxylic acids is 1. The number of carbonyl (C=O) groups is 4. The zero-order valence-electron chi connectivity index (χ0n) is 12.8. The number of aliphatic carboxylic acids is 1. The van der Waals surface area contributed by atoms with Crippen LogP contribution in [0.25, 0.3) is 0 Å². The lowest BCUT2D eigenvalue weighted by Crippen LogP contribution is -2.56. The van der Waals surface area contributed by atoms with Gasteiger partial charge in [-0.3, -0.25) is 14.4 Å². The van der Waals surface area contributed by atoms with E-state index in [0.717, 1.165) is 0 Å². The molecule has 7 N–H and O–H groups in total. The predicted octanol–water partition coefficient (Wildman–Crippen LogP) is -2.87. The van der Waals surface area contributed by atoms with Crippen LogP contribution in [0.2, 0.25) is 0 Å². The van der Waals surface area contributed by atoms with Gasteiger partial charge in [-0.05, 0) is 19.8 Å². The second-order valence-electron chi connectivity index (χ2n) is 5.53. The van der Waals surface area contributed by atoms with Gasteiger partial charge in [-0.15, -0.1) is 0 Å².